The number of ether oxygens (including phenoxy) is 2. The normalized spacial score (nSPS) is 15.7. The molecule has 0 saturated carbocycles. The van der Waals surface area contributed by atoms with Crippen molar-refractivity contribution < 1.29 is 14.6 Å². The van der Waals surface area contributed by atoms with Gasteiger partial charge < -0.3 is 20.3 Å². The van der Waals surface area contributed by atoms with Crippen LogP contribution in [0.2, 0.25) is 0 Å². The zero-order chi connectivity index (χ0) is 14.5. The number of nitrogens with two attached hydrogens (primary N) is 1. The minimum absolute atomic E-state index is 0.389. The Morgan fingerprint density at radius 3 is 2.47 bits per heavy atom. The molecule has 0 bridgehead atoms. The van der Waals surface area contributed by atoms with E-state index >= 15 is 0 Å². The summed E-state index contributed by atoms with van der Waals surface area (Å²) in [6.07, 6.45) is 2.50. The van der Waals surface area contributed by atoms with Gasteiger partial charge in [0.15, 0.2) is 0 Å². The third kappa shape index (κ3) is 3.39. The predicted octanol–water partition coefficient (Wildman–Crippen LogP) is 2.43. The molecule has 108 valence electrons. The molecule has 0 heterocycles. The molecule has 2 unspecified atom stereocenters. The summed E-state index contributed by atoms with van der Waals surface area (Å²) in [4.78, 5) is 0. The quantitative estimate of drug-likeness (QED) is 0.796. The first-order valence-corrected chi connectivity index (χ1v) is 6.70. The Bertz CT molecular complexity index is 406. The van der Waals surface area contributed by atoms with Gasteiger partial charge in [-0.15, -0.1) is 0 Å². The molecular formula is C15H25NO3. The van der Waals surface area contributed by atoms with Crippen LogP contribution in [0.5, 0.6) is 11.5 Å². The van der Waals surface area contributed by atoms with Crippen molar-refractivity contribution in [3.63, 3.8) is 0 Å². The summed E-state index contributed by atoms with van der Waals surface area (Å²) < 4.78 is 10.6. The van der Waals surface area contributed by atoms with E-state index in [0.717, 1.165) is 12.8 Å². The Morgan fingerprint density at radius 1 is 1.32 bits per heavy atom. The Balaban J connectivity index is 3.27. The van der Waals surface area contributed by atoms with Crippen molar-refractivity contribution >= 4 is 0 Å². The van der Waals surface area contributed by atoms with Crippen molar-refractivity contribution in [3.8, 4) is 11.5 Å². The Morgan fingerprint density at radius 2 is 2.00 bits per heavy atom. The topological polar surface area (TPSA) is 64.7 Å². The fourth-order valence-corrected chi connectivity index (χ4v) is 2.21. The van der Waals surface area contributed by atoms with Gasteiger partial charge in [0.05, 0.1) is 14.2 Å². The molecule has 0 saturated heterocycles. The first-order chi connectivity index (χ1) is 8.99. The summed E-state index contributed by atoms with van der Waals surface area (Å²) in [5, 5.41) is 11.0. The summed E-state index contributed by atoms with van der Waals surface area (Å²) in [5.41, 5.74) is 5.60. The van der Waals surface area contributed by atoms with Crippen molar-refractivity contribution in [1.29, 1.82) is 0 Å². The molecule has 0 radical (unpaired) electrons. The minimum atomic E-state index is -1.10. The Labute approximate surface area is 115 Å². The highest BCUT2D eigenvalue weighted by molar-refractivity contribution is 5.44. The molecule has 4 heteroatoms. The molecule has 2 atom stereocenters. The average molecular weight is 267 g/mol. The average Bonchev–Trinajstić information content (AvgIpc) is 2.43. The maximum atomic E-state index is 11.0. The lowest BCUT2D eigenvalue weighted by molar-refractivity contribution is 0.00209. The predicted molar refractivity (Wildman–Crippen MR) is 76.6 cm³/mol. The second kappa shape index (κ2) is 6.78. The summed E-state index contributed by atoms with van der Waals surface area (Å²) >= 11 is 0. The lowest BCUT2D eigenvalue weighted by Crippen LogP contribution is -2.43. The van der Waals surface area contributed by atoms with Gasteiger partial charge in [-0.2, -0.15) is 0 Å². The lowest BCUT2D eigenvalue weighted by atomic mass is 9.82. The maximum absolute atomic E-state index is 11.0. The van der Waals surface area contributed by atoms with Gasteiger partial charge in [0.1, 0.15) is 17.1 Å². The molecule has 1 aromatic carbocycles. The number of benzene rings is 1. The van der Waals surface area contributed by atoms with Gasteiger partial charge in [0, 0.05) is 11.6 Å². The van der Waals surface area contributed by atoms with Crippen LogP contribution in [0, 0.1) is 0 Å². The minimum Gasteiger partial charge on any atom is -0.497 e. The lowest BCUT2D eigenvalue weighted by Gasteiger charge is -2.34. The van der Waals surface area contributed by atoms with E-state index in [9.17, 15) is 5.11 Å². The van der Waals surface area contributed by atoms with Crippen LogP contribution in [-0.4, -0.2) is 25.4 Å². The molecule has 3 N–H and O–H groups in total. The number of hydrogen-bond acceptors (Lipinski definition) is 4. The first-order valence-electron chi connectivity index (χ1n) is 6.70. The molecule has 0 aliphatic heterocycles. The van der Waals surface area contributed by atoms with E-state index < -0.39 is 5.60 Å². The van der Waals surface area contributed by atoms with Crippen LogP contribution < -0.4 is 15.2 Å². The van der Waals surface area contributed by atoms with Gasteiger partial charge in [0.2, 0.25) is 0 Å². The van der Waals surface area contributed by atoms with Crippen LogP contribution in [0.25, 0.3) is 0 Å². The molecular weight excluding hydrogens is 242 g/mol. The van der Waals surface area contributed by atoms with Crippen molar-refractivity contribution in [2.75, 3.05) is 14.2 Å². The molecule has 1 aromatic rings. The fraction of sp³-hybridized carbons (Fsp3) is 0.600. The zero-order valence-electron chi connectivity index (χ0n) is 12.3. The first kappa shape index (κ1) is 15.8. The maximum Gasteiger partial charge on any atom is 0.125 e. The number of hydrogen-bond donors (Lipinski definition) is 2. The van der Waals surface area contributed by atoms with Gasteiger partial charge in [-0.3, -0.25) is 0 Å². The second-order valence-electron chi connectivity index (χ2n) is 4.88. The third-order valence-electron chi connectivity index (χ3n) is 3.54. The van der Waals surface area contributed by atoms with E-state index in [-0.39, 0.29) is 6.04 Å². The SMILES string of the molecule is CCCCC(O)(c1cc(OC)ccc1OC)C(C)N. The highest BCUT2D eigenvalue weighted by atomic mass is 16.5. The summed E-state index contributed by atoms with van der Waals surface area (Å²) in [7, 11) is 3.19. The van der Waals surface area contributed by atoms with E-state index in [1.807, 2.05) is 13.0 Å². The molecule has 0 amide bonds. The third-order valence-corrected chi connectivity index (χ3v) is 3.54. The van der Waals surface area contributed by atoms with Gasteiger partial charge in [-0.05, 0) is 31.5 Å². The van der Waals surface area contributed by atoms with E-state index in [1.165, 1.54) is 0 Å². The van der Waals surface area contributed by atoms with Crippen LogP contribution in [0.1, 0.15) is 38.7 Å². The van der Waals surface area contributed by atoms with Crippen molar-refractivity contribution in [2.45, 2.75) is 44.8 Å². The zero-order valence-corrected chi connectivity index (χ0v) is 12.3. The van der Waals surface area contributed by atoms with Crippen molar-refractivity contribution in [2.24, 2.45) is 5.73 Å². The van der Waals surface area contributed by atoms with Gasteiger partial charge in [0.25, 0.3) is 0 Å². The number of unbranched alkanes of at least 4 members (excludes halogenated alkanes) is 1. The summed E-state index contributed by atoms with van der Waals surface area (Å²) in [6, 6.07) is 5.02. The Kier molecular flexibility index (Phi) is 5.63. The van der Waals surface area contributed by atoms with Gasteiger partial charge >= 0.3 is 0 Å². The van der Waals surface area contributed by atoms with Crippen LogP contribution >= 0.6 is 0 Å². The molecule has 0 aliphatic rings. The summed E-state index contributed by atoms with van der Waals surface area (Å²) in [5.74, 6) is 1.32. The van der Waals surface area contributed by atoms with Crippen LogP contribution in [-0.2, 0) is 5.60 Å². The molecule has 4 nitrogen and oxygen atoms in total. The van der Waals surface area contributed by atoms with Crippen molar-refractivity contribution in [1.82, 2.24) is 0 Å². The molecule has 0 aromatic heterocycles. The van der Waals surface area contributed by atoms with Crippen molar-refractivity contribution in [3.05, 3.63) is 23.8 Å². The standard InChI is InChI=1S/C15H25NO3/c1-5-6-9-15(17,11(2)16)13-10-12(18-3)7-8-14(13)19-4/h7-8,10-11,17H,5-6,9,16H2,1-4H3. The fourth-order valence-electron chi connectivity index (χ4n) is 2.21. The van der Waals surface area contributed by atoms with E-state index in [0.29, 0.717) is 23.5 Å². The number of rotatable bonds is 7. The smallest absolute Gasteiger partial charge is 0.125 e. The Hall–Kier alpha value is -1.26. The molecule has 0 spiro atoms. The van der Waals surface area contributed by atoms with Gasteiger partial charge in [-0.1, -0.05) is 19.8 Å². The molecule has 0 aliphatic carbocycles. The highest BCUT2D eigenvalue weighted by Gasteiger charge is 2.36. The highest BCUT2D eigenvalue weighted by Crippen LogP contribution is 2.38. The largest absolute Gasteiger partial charge is 0.497 e. The molecule has 19 heavy (non-hydrogen) atoms. The molecule has 1 rings (SSSR count). The van der Waals surface area contributed by atoms with Crippen LogP contribution in [0.15, 0.2) is 18.2 Å². The van der Waals surface area contributed by atoms with Crippen LogP contribution in [0.4, 0.5) is 0 Å². The van der Waals surface area contributed by atoms with Gasteiger partial charge in [-0.25, -0.2) is 0 Å². The van der Waals surface area contributed by atoms with Crippen LogP contribution in [0.3, 0.4) is 0 Å². The number of methoxy groups -OCH3 is 2. The van der Waals surface area contributed by atoms with E-state index in [1.54, 1.807) is 26.4 Å². The monoisotopic (exact) mass is 267 g/mol. The number of aliphatic hydroxyl groups is 1. The van der Waals surface area contributed by atoms with E-state index in [2.05, 4.69) is 6.92 Å². The second-order valence-corrected chi connectivity index (χ2v) is 4.88. The summed E-state index contributed by atoms with van der Waals surface area (Å²) in [6.45, 7) is 3.90. The molecule has 0 fully saturated rings. The van der Waals surface area contributed by atoms with E-state index in [4.69, 9.17) is 15.2 Å².